The average Bonchev–Trinajstić information content (AvgIpc) is 2.84. The molecule has 1 unspecified atom stereocenters. The molecule has 5 nitrogen and oxygen atoms in total. The van der Waals surface area contributed by atoms with Gasteiger partial charge in [0.2, 0.25) is 11.8 Å². The molecule has 0 aliphatic heterocycles. The summed E-state index contributed by atoms with van der Waals surface area (Å²) in [5.41, 5.74) is 3.46. The van der Waals surface area contributed by atoms with Gasteiger partial charge in [-0.1, -0.05) is 85.8 Å². The molecule has 180 valence electrons. The van der Waals surface area contributed by atoms with Crippen molar-refractivity contribution >= 4 is 17.6 Å². The Labute approximate surface area is 203 Å². The van der Waals surface area contributed by atoms with E-state index < -0.39 is 6.04 Å². The molecule has 34 heavy (non-hydrogen) atoms. The van der Waals surface area contributed by atoms with Gasteiger partial charge in [-0.2, -0.15) is 0 Å². The van der Waals surface area contributed by atoms with Crippen LogP contribution in [0.1, 0.15) is 78.5 Å². The Hall–Kier alpha value is -3.21. The SMILES string of the molecule is CCCN(C(=O)C=CC(=O)c1ccc(C)cc1)C(C(=O)NC1CCCCC1)c1ccc(C)cc1. The molecule has 0 spiro atoms. The van der Waals surface area contributed by atoms with Gasteiger partial charge in [-0.25, -0.2) is 0 Å². The number of ketones is 1. The van der Waals surface area contributed by atoms with Gasteiger partial charge in [0.15, 0.2) is 5.78 Å². The van der Waals surface area contributed by atoms with Gasteiger partial charge >= 0.3 is 0 Å². The van der Waals surface area contributed by atoms with Gasteiger partial charge in [0.25, 0.3) is 0 Å². The number of amides is 2. The third kappa shape index (κ3) is 6.89. The van der Waals surface area contributed by atoms with Gasteiger partial charge in [-0.3, -0.25) is 14.4 Å². The van der Waals surface area contributed by atoms with Crippen LogP contribution in [0.2, 0.25) is 0 Å². The maximum absolute atomic E-state index is 13.5. The Bertz CT molecular complexity index is 1000. The van der Waals surface area contributed by atoms with Gasteiger partial charge in [0, 0.05) is 24.2 Å². The molecule has 1 aliphatic carbocycles. The van der Waals surface area contributed by atoms with Crippen LogP contribution in [0.3, 0.4) is 0 Å². The standard InChI is InChI=1S/C29H36N2O3/c1-4-20-31(27(33)19-18-26(32)23-14-10-21(2)11-15-23)28(24-16-12-22(3)13-17-24)29(34)30-25-8-6-5-7-9-25/h10-19,25,28H,4-9,20H2,1-3H3,(H,30,34). The number of rotatable bonds is 9. The smallest absolute Gasteiger partial charge is 0.247 e. The summed E-state index contributed by atoms with van der Waals surface area (Å²) in [6.07, 6.45) is 8.67. The zero-order chi connectivity index (χ0) is 24.5. The van der Waals surface area contributed by atoms with Crippen molar-refractivity contribution in [1.29, 1.82) is 0 Å². The van der Waals surface area contributed by atoms with E-state index in [4.69, 9.17) is 0 Å². The van der Waals surface area contributed by atoms with E-state index in [1.54, 1.807) is 17.0 Å². The molecule has 5 heteroatoms. The van der Waals surface area contributed by atoms with Crippen LogP contribution >= 0.6 is 0 Å². The Morgan fingerprint density at radius 2 is 1.50 bits per heavy atom. The Balaban J connectivity index is 1.85. The van der Waals surface area contributed by atoms with E-state index in [1.165, 1.54) is 18.6 Å². The lowest BCUT2D eigenvalue weighted by Gasteiger charge is -2.32. The van der Waals surface area contributed by atoms with E-state index in [9.17, 15) is 14.4 Å². The number of allylic oxidation sites excluding steroid dienone is 1. The van der Waals surface area contributed by atoms with Crippen molar-refractivity contribution in [3.8, 4) is 0 Å². The highest BCUT2D eigenvalue weighted by Gasteiger charge is 2.31. The average molecular weight is 461 g/mol. The minimum Gasteiger partial charge on any atom is -0.351 e. The van der Waals surface area contributed by atoms with Gasteiger partial charge in [-0.05, 0) is 44.7 Å². The summed E-state index contributed by atoms with van der Waals surface area (Å²) in [6.45, 7) is 6.35. The van der Waals surface area contributed by atoms with Crippen LogP contribution in [0.4, 0.5) is 0 Å². The maximum atomic E-state index is 13.5. The fraction of sp³-hybridized carbons (Fsp3) is 0.414. The fourth-order valence-corrected chi connectivity index (χ4v) is 4.41. The molecule has 1 N–H and O–H groups in total. The molecular weight excluding hydrogens is 424 g/mol. The van der Waals surface area contributed by atoms with Crippen LogP contribution in [-0.4, -0.2) is 35.1 Å². The molecular formula is C29H36N2O3. The van der Waals surface area contributed by atoms with Gasteiger partial charge in [-0.15, -0.1) is 0 Å². The summed E-state index contributed by atoms with van der Waals surface area (Å²) in [7, 11) is 0. The van der Waals surface area contributed by atoms with Crippen molar-refractivity contribution in [3.63, 3.8) is 0 Å². The predicted molar refractivity (Wildman–Crippen MR) is 136 cm³/mol. The highest BCUT2D eigenvalue weighted by molar-refractivity contribution is 6.08. The number of carbonyl (C=O) groups excluding carboxylic acids is 3. The zero-order valence-corrected chi connectivity index (χ0v) is 20.5. The first-order chi connectivity index (χ1) is 16.4. The molecule has 1 aliphatic rings. The van der Waals surface area contributed by atoms with E-state index in [0.717, 1.165) is 42.4 Å². The van der Waals surface area contributed by atoms with Crippen molar-refractivity contribution in [2.24, 2.45) is 0 Å². The number of hydrogen-bond acceptors (Lipinski definition) is 3. The van der Waals surface area contributed by atoms with Gasteiger partial charge in [0.05, 0.1) is 0 Å². The number of nitrogens with one attached hydrogen (secondary N) is 1. The monoisotopic (exact) mass is 460 g/mol. The Morgan fingerprint density at radius 3 is 2.09 bits per heavy atom. The second-order valence-corrected chi connectivity index (χ2v) is 9.25. The molecule has 0 heterocycles. The zero-order valence-electron chi connectivity index (χ0n) is 20.5. The molecule has 1 saturated carbocycles. The first-order valence-electron chi connectivity index (χ1n) is 12.4. The third-order valence-corrected chi connectivity index (χ3v) is 6.37. The second-order valence-electron chi connectivity index (χ2n) is 9.25. The van der Waals surface area contributed by atoms with Gasteiger partial charge in [0.1, 0.15) is 6.04 Å². The summed E-state index contributed by atoms with van der Waals surface area (Å²) in [5, 5.41) is 3.20. The summed E-state index contributed by atoms with van der Waals surface area (Å²) in [4.78, 5) is 41.0. The van der Waals surface area contributed by atoms with Crippen molar-refractivity contribution in [2.75, 3.05) is 6.54 Å². The van der Waals surface area contributed by atoms with Crippen LogP contribution in [-0.2, 0) is 9.59 Å². The van der Waals surface area contributed by atoms with Crippen molar-refractivity contribution in [1.82, 2.24) is 10.2 Å². The Morgan fingerprint density at radius 1 is 0.912 bits per heavy atom. The highest BCUT2D eigenvalue weighted by Crippen LogP contribution is 2.25. The van der Waals surface area contributed by atoms with Crippen LogP contribution in [0.5, 0.6) is 0 Å². The van der Waals surface area contributed by atoms with E-state index in [-0.39, 0.29) is 23.6 Å². The number of carbonyl (C=O) groups is 3. The normalized spacial score (nSPS) is 15.1. The molecule has 0 saturated heterocycles. The predicted octanol–water partition coefficient (Wildman–Crippen LogP) is 5.47. The van der Waals surface area contributed by atoms with E-state index >= 15 is 0 Å². The van der Waals surface area contributed by atoms with Gasteiger partial charge < -0.3 is 10.2 Å². The first-order valence-corrected chi connectivity index (χ1v) is 12.4. The van der Waals surface area contributed by atoms with E-state index in [1.807, 2.05) is 57.2 Å². The number of hydrogen-bond donors (Lipinski definition) is 1. The first kappa shape index (κ1) is 25.4. The number of benzene rings is 2. The van der Waals surface area contributed by atoms with Crippen LogP contribution in [0, 0.1) is 13.8 Å². The minimum absolute atomic E-state index is 0.145. The molecule has 1 fully saturated rings. The van der Waals surface area contributed by atoms with Crippen molar-refractivity contribution in [3.05, 3.63) is 82.9 Å². The van der Waals surface area contributed by atoms with Crippen molar-refractivity contribution in [2.45, 2.75) is 71.4 Å². The second kappa shape index (κ2) is 12.3. The minimum atomic E-state index is -0.742. The van der Waals surface area contributed by atoms with Crippen molar-refractivity contribution < 1.29 is 14.4 Å². The molecule has 2 aromatic rings. The van der Waals surface area contributed by atoms with E-state index in [2.05, 4.69) is 5.32 Å². The fourth-order valence-electron chi connectivity index (χ4n) is 4.41. The third-order valence-electron chi connectivity index (χ3n) is 6.37. The lowest BCUT2D eigenvalue weighted by Crippen LogP contribution is -2.47. The van der Waals surface area contributed by atoms with Crippen LogP contribution < -0.4 is 5.32 Å². The quantitative estimate of drug-likeness (QED) is 0.398. The largest absolute Gasteiger partial charge is 0.351 e. The molecule has 3 rings (SSSR count). The lowest BCUT2D eigenvalue weighted by atomic mass is 9.94. The highest BCUT2D eigenvalue weighted by atomic mass is 16.2. The summed E-state index contributed by atoms with van der Waals surface area (Å²) >= 11 is 0. The maximum Gasteiger partial charge on any atom is 0.247 e. The van der Waals surface area contributed by atoms with Crippen LogP contribution in [0.25, 0.3) is 0 Å². The summed E-state index contributed by atoms with van der Waals surface area (Å²) < 4.78 is 0. The Kier molecular flexibility index (Phi) is 9.20. The summed E-state index contributed by atoms with van der Waals surface area (Å²) in [6, 6.07) is 14.4. The van der Waals surface area contributed by atoms with Crippen LogP contribution in [0.15, 0.2) is 60.7 Å². The molecule has 2 amide bonds. The summed E-state index contributed by atoms with van der Waals surface area (Å²) in [5.74, 6) is -0.731. The molecule has 0 radical (unpaired) electrons. The topological polar surface area (TPSA) is 66.5 Å². The molecule has 1 atom stereocenters. The number of nitrogens with zero attached hydrogens (tertiary/aromatic N) is 1. The molecule has 2 aromatic carbocycles. The lowest BCUT2D eigenvalue weighted by molar-refractivity contribution is -0.138. The van der Waals surface area contributed by atoms with E-state index in [0.29, 0.717) is 18.5 Å². The molecule has 0 bridgehead atoms. The molecule has 0 aromatic heterocycles. The number of aryl methyl sites for hydroxylation is 2.